The summed E-state index contributed by atoms with van der Waals surface area (Å²) in [4.78, 5) is 21.0. The van der Waals surface area contributed by atoms with Crippen molar-refractivity contribution >= 4 is 44.0 Å². The molecule has 0 spiro atoms. The second-order valence-corrected chi connectivity index (χ2v) is 6.04. The average molecular weight is 334 g/mol. The minimum absolute atomic E-state index is 0.207. The van der Waals surface area contributed by atoms with E-state index >= 15 is 0 Å². The van der Waals surface area contributed by atoms with Gasteiger partial charge in [-0.25, -0.2) is 9.78 Å². The molecule has 0 saturated heterocycles. The number of H-pyrrole nitrogens is 2. The fourth-order valence-electron chi connectivity index (χ4n) is 2.32. The number of aromatic nitrogens is 3. The summed E-state index contributed by atoms with van der Waals surface area (Å²) in [5, 5.41) is 14.1. The van der Waals surface area contributed by atoms with Gasteiger partial charge in [0.1, 0.15) is 6.07 Å². The Kier molecular flexibility index (Phi) is 3.33. The van der Waals surface area contributed by atoms with Crippen molar-refractivity contribution in [1.29, 1.82) is 5.26 Å². The largest absolute Gasteiger partial charge is 0.323 e. The van der Waals surface area contributed by atoms with Crippen molar-refractivity contribution in [3.8, 4) is 6.07 Å². The summed E-state index contributed by atoms with van der Waals surface area (Å²) in [6, 6.07) is 15.0. The van der Waals surface area contributed by atoms with Crippen molar-refractivity contribution in [2.45, 2.75) is 0 Å². The number of hydrazone groups is 1. The van der Waals surface area contributed by atoms with Gasteiger partial charge >= 0.3 is 5.69 Å². The zero-order valence-corrected chi connectivity index (χ0v) is 13.0. The van der Waals surface area contributed by atoms with Crippen LogP contribution >= 0.6 is 11.3 Å². The Hall–Kier alpha value is -3.44. The molecule has 0 radical (unpaired) electrons. The molecule has 3 N–H and O–H groups in total. The summed E-state index contributed by atoms with van der Waals surface area (Å²) in [7, 11) is 0. The van der Waals surface area contributed by atoms with Gasteiger partial charge in [-0.2, -0.15) is 10.4 Å². The fourth-order valence-corrected chi connectivity index (χ4v) is 3.22. The Labute approximate surface area is 139 Å². The summed E-state index contributed by atoms with van der Waals surface area (Å²) in [5.74, 6) is 0. The zero-order valence-electron chi connectivity index (χ0n) is 12.2. The van der Waals surface area contributed by atoms with E-state index in [1.54, 1.807) is 18.2 Å². The number of anilines is 1. The highest BCUT2D eigenvalue weighted by Crippen LogP contribution is 2.22. The van der Waals surface area contributed by atoms with Gasteiger partial charge in [-0.3, -0.25) is 5.43 Å². The van der Waals surface area contributed by atoms with Gasteiger partial charge < -0.3 is 9.97 Å². The molecule has 24 heavy (non-hydrogen) atoms. The summed E-state index contributed by atoms with van der Waals surface area (Å²) < 4.78 is 1.00. The van der Waals surface area contributed by atoms with Crippen molar-refractivity contribution in [3.05, 3.63) is 58.0 Å². The lowest BCUT2D eigenvalue weighted by atomic mass is 10.3. The van der Waals surface area contributed by atoms with Crippen molar-refractivity contribution in [2.24, 2.45) is 5.10 Å². The van der Waals surface area contributed by atoms with Gasteiger partial charge in [0.15, 0.2) is 10.7 Å². The van der Waals surface area contributed by atoms with Gasteiger partial charge in [0.05, 0.1) is 26.9 Å². The number of hydrogen-bond donors (Lipinski definition) is 3. The molecule has 0 aliphatic carbocycles. The van der Waals surface area contributed by atoms with Gasteiger partial charge in [0.2, 0.25) is 0 Å². The minimum Gasteiger partial charge on any atom is -0.306 e. The lowest BCUT2D eigenvalue weighted by Gasteiger charge is -2.00. The lowest BCUT2D eigenvalue weighted by molar-refractivity contribution is 1.21. The van der Waals surface area contributed by atoms with Crippen LogP contribution in [-0.2, 0) is 0 Å². The number of aromatic amines is 2. The van der Waals surface area contributed by atoms with Crippen LogP contribution in [0.15, 0.2) is 52.4 Å². The third-order valence-electron chi connectivity index (χ3n) is 3.42. The number of thiazole rings is 1. The van der Waals surface area contributed by atoms with Crippen molar-refractivity contribution in [3.63, 3.8) is 0 Å². The summed E-state index contributed by atoms with van der Waals surface area (Å²) in [6.07, 6.45) is 0. The normalized spacial score (nSPS) is 11.7. The van der Waals surface area contributed by atoms with Gasteiger partial charge in [0, 0.05) is 0 Å². The molecule has 0 fully saturated rings. The fraction of sp³-hybridized carbons (Fsp3) is 0. The Morgan fingerprint density at radius 3 is 2.88 bits per heavy atom. The average Bonchev–Trinajstić information content (AvgIpc) is 3.17. The first-order valence-corrected chi connectivity index (χ1v) is 7.86. The number of benzene rings is 2. The van der Waals surface area contributed by atoms with E-state index in [1.807, 2.05) is 24.3 Å². The molecule has 0 aliphatic rings. The smallest absolute Gasteiger partial charge is 0.306 e. The molecule has 0 aliphatic heterocycles. The summed E-state index contributed by atoms with van der Waals surface area (Å²) >= 11 is 1.41. The van der Waals surface area contributed by atoms with Crippen molar-refractivity contribution in [2.75, 3.05) is 5.43 Å². The van der Waals surface area contributed by atoms with Crippen molar-refractivity contribution in [1.82, 2.24) is 15.0 Å². The number of para-hydroxylation sites is 1. The highest BCUT2D eigenvalue weighted by molar-refractivity contribution is 7.20. The summed E-state index contributed by atoms with van der Waals surface area (Å²) in [5.41, 5.74) is 5.65. The van der Waals surface area contributed by atoms with Crippen LogP contribution in [0.3, 0.4) is 0 Å². The Morgan fingerprint density at radius 1 is 1.21 bits per heavy atom. The maximum Gasteiger partial charge on any atom is 0.323 e. The van der Waals surface area contributed by atoms with E-state index in [4.69, 9.17) is 0 Å². The van der Waals surface area contributed by atoms with E-state index in [0.717, 1.165) is 10.2 Å². The molecule has 0 amide bonds. The Morgan fingerprint density at radius 2 is 2.04 bits per heavy atom. The molecule has 0 atom stereocenters. The van der Waals surface area contributed by atoms with Crippen LogP contribution in [-0.4, -0.2) is 20.7 Å². The second-order valence-electron chi connectivity index (χ2n) is 5.01. The topological polar surface area (TPSA) is 110 Å². The van der Waals surface area contributed by atoms with Crippen LogP contribution < -0.4 is 11.1 Å². The number of nitrogens with one attached hydrogen (secondary N) is 3. The molecule has 4 aromatic rings. The van der Waals surface area contributed by atoms with Crippen molar-refractivity contribution < 1.29 is 0 Å². The number of rotatable bonds is 3. The van der Waals surface area contributed by atoms with E-state index in [2.05, 4.69) is 31.5 Å². The number of nitriles is 1. The number of hydrogen-bond acceptors (Lipinski definition) is 6. The monoisotopic (exact) mass is 334 g/mol. The van der Waals surface area contributed by atoms with Gasteiger partial charge in [-0.05, 0) is 30.3 Å². The lowest BCUT2D eigenvalue weighted by Crippen LogP contribution is -2.01. The zero-order chi connectivity index (χ0) is 16.5. The van der Waals surface area contributed by atoms with E-state index in [-0.39, 0.29) is 11.4 Å². The molecule has 0 unspecified atom stereocenters. The molecule has 7 nitrogen and oxygen atoms in total. The molecule has 2 aromatic heterocycles. The molecule has 8 heteroatoms. The Balaban J connectivity index is 1.66. The van der Waals surface area contributed by atoms with Crippen LogP contribution in [0, 0.1) is 11.3 Å². The molecule has 2 aromatic carbocycles. The number of imidazole rings is 1. The van der Waals surface area contributed by atoms with Crippen LogP contribution in [0.2, 0.25) is 0 Å². The van der Waals surface area contributed by atoms with Crippen LogP contribution in [0.25, 0.3) is 21.3 Å². The highest BCUT2D eigenvalue weighted by Gasteiger charge is 2.10. The van der Waals surface area contributed by atoms with Gasteiger partial charge in [-0.15, -0.1) is 11.3 Å². The third-order valence-corrected chi connectivity index (χ3v) is 4.46. The molecule has 2 heterocycles. The first-order chi connectivity index (χ1) is 11.7. The standard InChI is InChI=1S/C16H10N6OS/c17-8-13(15-18-11-3-1-2-4-14(11)24-15)22-21-9-5-6-10-12(7-9)20-16(23)19-10/h1-7,21H,(H2,19,20,23). The van der Waals surface area contributed by atoms with Crippen LogP contribution in [0.4, 0.5) is 5.69 Å². The van der Waals surface area contributed by atoms with Gasteiger partial charge in [0.25, 0.3) is 0 Å². The van der Waals surface area contributed by atoms with Crippen LogP contribution in [0.1, 0.15) is 5.01 Å². The molecule has 116 valence electrons. The maximum atomic E-state index is 11.3. The molecular weight excluding hydrogens is 324 g/mol. The second kappa shape index (κ2) is 5.64. The van der Waals surface area contributed by atoms with Crippen LogP contribution in [0.5, 0.6) is 0 Å². The van der Waals surface area contributed by atoms with Gasteiger partial charge in [-0.1, -0.05) is 12.1 Å². The first-order valence-electron chi connectivity index (χ1n) is 7.05. The molecule has 0 bridgehead atoms. The molecule has 0 saturated carbocycles. The third kappa shape index (κ3) is 2.53. The van der Waals surface area contributed by atoms with E-state index in [0.29, 0.717) is 21.7 Å². The predicted molar refractivity (Wildman–Crippen MR) is 94.3 cm³/mol. The number of fused-ring (bicyclic) bond motifs is 2. The minimum atomic E-state index is -0.266. The van der Waals surface area contributed by atoms with E-state index in [9.17, 15) is 10.1 Å². The van der Waals surface area contributed by atoms with E-state index in [1.165, 1.54) is 11.3 Å². The van der Waals surface area contributed by atoms with E-state index < -0.39 is 0 Å². The summed E-state index contributed by atoms with van der Waals surface area (Å²) in [6.45, 7) is 0. The predicted octanol–water partition coefficient (Wildman–Crippen LogP) is 2.81. The quantitative estimate of drug-likeness (QED) is 0.395. The molecular formula is C16H10N6OS. The first kappa shape index (κ1) is 14.2. The Bertz CT molecular complexity index is 1140. The SMILES string of the molecule is N#CC(=NNc1ccc2[nH]c(=O)[nH]c2c1)c1nc2ccccc2s1. The number of nitrogens with zero attached hydrogens (tertiary/aromatic N) is 3. The molecule has 4 rings (SSSR count). The highest BCUT2D eigenvalue weighted by atomic mass is 32.1. The maximum absolute atomic E-state index is 11.3.